The maximum atomic E-state index is 13.3. The summed E-state index contributed by atoms with van der Waals surface area (Å²) in [6.45, 7) is 0.598. The molecule has 0 amide bonds. The fraction of sp³-hybridized carbons (Fsp3) is 0.0769. The molecule has 5 rings (SSSR count). The zero-order chi connectivity index (χ0) is 22.1. The fourth-order valence-corrected chi connectivity index (χ4v) is 3.86. The van der Waals surface area contributed by atoms with Crippen LogP contribution < -0.4 is 4.74 Å². The number of imidazole rings is 1. The maximum Gasteiger partial charge on any atom is 0.149 e. The highest BCUT2D eigenvalue weighted by molar-refractivity contribution is 5.98. The van der Waals surface area contributed by atoms with Gasteiger partial charge in [0.05, 0.1) is 23.7 Å². The molecule has 156 valence electrons. The number of H-pyrrole nitrogens is 1. The van der Waals surface area contributed by atoms with Crippen molar-refractivity contribution in [1.29, 1.82) is 5.26 Å². The van der Waals surface area contributed by atoms with E-state index in [1.165, 1.54) is 12.1 Å². The summed E-state index contributed by atoms with van der Waals surface area (Å²) >= 11 is 0. The Balaban J connectivity index is 1.57. The number of methoxy groups -OCH3 is 1. The molecule has 6 heteroatoms. The zero-order valence-electron chi connectivity index (χ0n) is 17.3. The predicted octanol–water partition coefficient (Wildman–Crippen LogP) is 5.78. The van der Waals surface area contributed by atoms with Gasteiger partial charge >= 0.3 is 0 Å². The van der Waals surface area contributed by atoms with Gasteiger partial charge < -0.3 is 14.3 Å². The lowest BCUT2D eigenvalue weighted by Gasteiger charge is -2.05. The first-order valence-corrected chi connectivity index (χ1v) is 10.1. The first-order valence-electron chi connectivity index (χ1n) is 10.1. The molecule has 0 aliphatic heterocycles. The van der Waals surface area contributed by atoms with Crippen LogP contribution in [0.5, 0.6) is 5.75 Å². The Bertz CT molecular complexity index is 1500. The third kappa shape index (κ3) is 3.61. The molecule has 0 radical (unpaired) electrons. The number of ether oxygens (including phenoxy) is 1. The monoisotopic (exact) mass is 422 g/mol. The van der Waals surface area contributed by atoms with Crippen molar-refractivity contribution in [3.8, 4) is 11.8 Å². The Labute approximate surface area is 184 Å². The minimum atomic E-state index is -0.253. The molecule has 3 aromatic carbocycles. The van der Waals surface area contributed by atoms with E-state index >= 15 is 0 Å². The SMILES string of the molecule is COc1ccc2nc(/C(C#N)=C\c3cn(Cc4ccc(F)cc4)c4ccccc34)[nH]c2c1. The van der Waals surface area contributed by atoms with Crippen molar-refractivity contribution in [3.05, 3.63) is 95.7 Å². The number of aromatic amines is 1. The molecule has 0 saturated heterocycles. The highest BCUT2D eigenvalue weighted by atomic mass is 19.1. The third-order valence-electron chi connectivity index (χ3n) is 5.45. The van der Waals surface area contributed by atoms with Crippen molar-refractivity contribution < 1.29 is 9.13 Å². The number of nitriles is 1. The van der Waals surface area contributed by atoms with Gasteiger partial charge in [0.15, 0.2) is 0 Å². The molecule has 0 bridgehead atoms. The Morgan fingerprint density at radius 2 is 1.97 bits per heavy atom. The second kappa shape index (κ2) is 8.05. The zero-order valence-corrected chi connectivity index (χ0v) is 17.3. The minimum absolute atomic E-state index is 0.253. The second-order valence-corrected chi connectivity index (χ2v) is 7.49. The first kappa shape index (κ1) is 19.6. The number of nitrogens with zero attached hydrogens (tertiary/aromatic N) is 3. The Morgan fingerprint density at radius 1 is 1.16 bits per heavy atom. The van der Waals surface area contributed by atoms with E-state index in [0.29, 0.717) is 17.9 Å². The number of hydrogen-bond acceptors (Lipinski definition) is 3. The summed E-state index contributed by atoms with van der Waals surface area (Å²) in [4.78, 5) is 7.79. The minimum Gasteiger partial charge on any atom is -0.497 e. The molecule has 2 aromatic heterocycles. The number of rotatable bonds is 5. The Morgan fingerprint density at radius 3 is 2.75 bits per heavy atom. The smallest absolute Gasteiger partial charge is 0.149 e. The van der Waals surface area contributed by atoms with E-state index in [-0.39, 0.29) is 5.82 Å². The summed E-state index contributed by atoms with van der Waals surface area (Å²) in [5, 5.41) is 10.9. The van der Waals surface area contributed by atoms with Crippen LogP contribution in [0.3, 0.4) is 0 Å². The molecule has 2 heterocycles. The highest BCUT2D eigenvalue weighted by Crippen LogP contribution is 2.27. The molecule has 0 fully saturated rings. The van der Waals surface area contributed by atoms with Crippen molar-refractivity contribution in [2.75, 3.05) is 7.11 Å². The van der Waals surface area contributed by atoms with Gasteiger partial charge in [-0.1, -0.05) is 30.3 Å². The van der Waals surface area contributed by atoms with E-state index in [1.54, 1.807) is 19.2 Å². The van der Waals surface area contributed by atoms with Gasteiger partial charge in [-0.2, -0.15) is 5.26 Å². The summed E-state index contributed by atoms with van der Waals surface area (Å²) in [6, 6.07) is 22.3. The van der Waals surface area contributed by atoms with E-state index in [1.807, 2.05) is 54.7 Å². The van der Waals surface area contributed by atoms with Crippen molar-refractivity contribution in [1.82, 2.24) is 14.5 Å². The number of para-hydroxylation sites is 1. The topological polar surface area (TPSA) is 66.6 Å². The average molecular weight is 422 g/mol. The van der Waals surface area contributed by atoms with Gasteiger partial charge in [0.1, 0.15) is 23.5 Å². The van der Waals surface area contributed by atoms with Crippen LogP contribution in [0, 0.1) is 17.1 Å². The molecule has 5 aromatic rings. The second-order valence-electron chi connectivity index (χ2n) is 7.49. The number of nitrogens with one attached hydrogen (secondary N) is 1. The summed E-state index contributed by atoms with van der Waals surface area (Å²) in [6.07, 6.45) is 3.86. The number of hydrogen-bond donors (Lipinski definition) is 1. The van der Waals surface area contributed by atoms with E-state index in [4.69, 9.17) is 4.74 Å². The average Bonchev–Trinajstić information content (AvgIpc) is 3.40. The van der Waals surface area contributed by atoms with Gasteiger partial charge in [-0.05, 0) is 42.0 Å². The molecule has 1 N–H and O–H groups in total. The van der Waals surface area contributed by atoms with E-state index in [2.05, 4.69) is 20.6 Å². The van der Waals surface area contributed by atoms with E-state index in [9.17, 15) is 9.65 Å². The standard InChI is InChI=1S/C26H19FN4O/c1-32-21-10-11-23-24(13-21)30-26(29-23)18(14-28)12-19-16-31(25-5-3-2-4-22(19)25)15-17-6-8-20(27)9-7-17/h2-13,16H,15H2,1H3,(H,29,30)/b18-12-. The molecule has 0 aliphatic rings. The summed E-state index contributed by atoms with van der Waals surface area (Å²) in [5.74, 6) is 0.974. The van der Waals surface area contributed by atoms with Crippen LogP contribution in [0.25, 0.3) is 33.6 Å². The van der Waals surface area contributed by atoms with Crippen molar-refractivity contribution in [2.24, 2.45) is 0 Å². The maximum absolute atomic E-state index is 13.3. The number of allylic oxidation sites excluding steroid dienone is 1. The normalized spacial score (nSPS) is 11.7. The van der Waals surface area contributed by atoms with Crippen LogP contribution in [-0.2, 0) is 6.54 Å². The van der Waals surface area contributed by atoms with Gasteiger partial charge in [0.25, 0.3) is 0 Å². The van der Waals surface area contributed by atoms with E-state index in [0.717, 1.165) is 38.8 Å². The molecule has 0 atom stereocenters. The number of fused-ring (bicyclic) bond motifs is 2. The lowest BCUT2D eigenvalue weighted by Crippen LogP contribution is -1.97. The summed E-state index contributed by atoms with van der Waals surface area (Å²) < 4.78 is 20.7. The molecule has 0 saturated carbocycles. The lowest BCUT2D eigenvalue weighted by atomic mass is 10.1. The van der Waals surface area contributed by atoms with Gasteiger partial charge in [0, 0.05) is 35.3 Å². The molecule has 32 heavy (non-hydrogen) atoms. The summed E-state index contributed by atoms with van der Waals surface area (Å²) in [5.41, 5.74) is 4.95. The quantitative estimate of drug-likeness (QED) is 0.365. The van der Waals surface area contributed by atoms with Gasteiger partial charge in [-0.3, -0.25) is 0 Å². The van der Waals surface area contributed by atoms with Crippen molar-refractivity contribution >= 4 is 33.6 Å². The van der Waals surface area contributed by atoms with Crippen molar-refractivity contribution in [2.45, 2.75) is 6.54 Å². The van der Waals surface area contributed by atoms with E-state index < -0.39 is 0 Å². The van der Waals surface area contributed by atoms with Crippen LogP contribution in [0.1, 0.15) is 17.0 Å². The molecular formula is C26H19FN4O. The fourth-order valence-electron chi connectivity index (χ4n) is 3.86. The molecule has 0 aliphatic carbocycles. The van der Waals surface area contributed by atoms with Gasteiger partial charge in [-0.15, -0.1) is 0 Å². The number of benzene rings is 3. The lowest BCUT2D eigenvalue weighted by molar-refractivity contribution is 0.415. The predicted molar refractivity (Wildman–Crippen MR) is 124 cm³/mol. The third-order valence-corrected chi connectivity index (χ3v) is 5.45. The largest absolute Gasteiger partial charge is 0.497 e. The molecular weight excluding hydrogens is 403 g/mol. The van der Waals surface area contributed by atoms with Crippen LogP contribution in [0.15, 0.2) is 72.9 Å². The Kier molecular flexibility index (Phi) is 4.92. The Hall–Kier alpha value is -4.37. The number of aromatic nitrogens is 3. The van der Waals surface area contributed by atoms with Crippen LogP contribution in [0.4, 0.5) is 4.39 Å². The number of halogens is 1. The van der Waals surface area contributed by atoms with Gasteiger partial charge in [0.2, 0.25) is 0 Å². The van der Waals surface area contributed by atoms with Gasteiger partial charge in [-0.25, -0.2) is 9.37 Å². The first-order chi connectivity index (χ1) is 15.6. The summed E-state index contributed by atoms with van der Waals surface area (Å²) in [7, 11) is 1.61. The van der Waals surface area contributed by atoms with Crippen LogP contribution in [0.2, 0.25) is 0 Å². The molecule has 0 unspecified atom stereocenters. The highest BCUT2D eigenvalue weighted by Gasteiger charge is 2.12. The van der Waals surface area contributed by atoms with Crippen LogP contribution >= 0.6 is 0 Å². The molecule has 5 nitrogen and oxygen atoms in total. The van der Waals surface area contributed by atoms with Crippen LogP contribution in [-0.4, -0.2) is 21.6 Å². The van der Waals surface area contributed by atoms with Crippen molar-refractivity contribution in [3.63, 3.8) is 0 Å². The molecule has 0 spiro atoms.